The molecule has 0 spiro atoms. The fourth-order valence-corrected chi connectivity index (χ4v) is 1.58. The van der Waals surface area contributed by atoms with Crippen molar-refractivity contribution < 1.29 is 13.6 Å². The maximum Gasteiger partial charge on any atom is 0.296 e. The molecule has 0 aromatic carbocycles. The highest BCUT2D eigenvalue weighted by molar-refractivity contribution is 5.83. The van der Waals surface area contributed by atoms with Crippen molar-refractivity contribution in [2.24, 2.45) is 0 Å². The van der Waals surface area contributed by atoms with Crippen molar-refractivity contribution in [1.29, 1.82) is 0 Å². The van der Waals surface area contributed by atoms with Gasteiger partial charge in [-0.2, -0.15) is 0 Å². The topological polar surface area (TPSA) is 45.8 Å². The number of aromatic amines is 1. The first-order chi connectivity index (χ1) is 7.82. The maximum absolute atomic E-state index is 12.2. The summed E-state index contributed by atoms with van der Waals surface area (Å²) >= 11 is 0. The fourth-order valence-electron chi connectivity index (χ4n) is 1.58. The van der Waals surface area contributed by atoms with E-state index in [9.17, 15) is 13.6 Å². The number of carbonyl (C=O) groups excluding carboxylic acids is 1. The van der Waals surface area contributed by atoms with Crippen LogP contribution in [0.3, 0.4) is 0 Å². The number of hydrogen-bond donors (Lipinski definition) is 1. The summed E-state index contributed by atoms with van der Waals surface area (Å²) < 4.78 is 24.5. The normalized spacial score (nSPS) is 11.8. The zero-order valence-electron chi connectivity index (χ0n) is 10.6. The van der Waals surface area contributed by atoms with Crippen LogP contribution in [0.1, 0.15) is 56.7 Å². The molecule has 1 aromatic rings. The molecule has 0 aliphatic heterocycles. The molecule has 96 valence electrons. The van der Waals surface area contributed by atoms with Gasteiger partial charge in [-0.15, -0.1) is 0 Å². The summed E-state index contributed by atoms with van der Waals surface area (Å²) in [7, 11) is 0. The molecule has 0 fully saturated rings. The molecule has 0 amide bonds. The van der Waals surface area contributed by atoms with Crippen LogP contribution < -0.4 is 0 Å². The lowest BCUT2D eigenvalue weighted by atomic mass is 10.1. The highest BCUT2D eigenvalue weighted by Crippen LogP contribution is 2.21. The van der Waals surface area contributed by atoms with Crippen molar-refractivity contribution in [3.8, 4) is 0 Å². The zero-order valence-corrected chi connectivity index (χ0v) is 10.6. The van der Waals surface area contributed by atoms with Gasteiger partial charge < -0.3 is 4.98 Å². The lowest BCUT2D eigenvalue weighted by molar-refractivity contribution is -0.128. The molecular formula is C12H18F2N2O. The van der Waals surface area contributed by atoms with E-state index in [1.165, 1.54) is 0 Å². The van der Waals surface area contributed by atoms with E-state index < -0.39 is 12.2 Å². The predicted octanol–water partition coefficient (Wildman–Crippen LogP) is 3.03. The Kier molecular flexibility index (Phi) is 4.37. The van der Waals surface area contributed by atoms with Crippen molar-refractivity contribution in [3.63, 3.8) is 0 Å². The minimum Gasteiger partial charge on any atom is -0.345 e. The van der Waals surface area contributed by atoms with Gasteiger partial charge in [0.05, 0.1) is 12.1 Å². The summed E-state index contributed by atoms with van der Waals surface area (Å²) in [5.74, 6) is -0.0289. The molecule has 0 saturated heterocycles. The molecule has 17 heavy (non-hydrogen) atoms. The number of rotatable bonds is 5. The molecule has 0 bridgehead atoms. The van der Waals surface area contributed by atoms with E-state index in [4.69, 9.17) is 0 Å². The van der Waals surface area contributed by atoms with Crippen molar-refractivity contribution in [2.75, 3.05) is 0 Å². The van der Waals surface area contributed by atoms with Gasteiger partial charge in [0.25, 0.3) is 6.43 Å². The Labute approximate surface area is 99.6 Å². The zero-order chi connectivity index (χ0) is 13.2. The molecule has 3 nitrogen and oxygen atoms in total. The van der Waals surface area contributed by atoms with Gasteiger partial charge in [0.2, 0.25) is 5.78 Å². The second-order valence-corrected chi connectivity index (χ2v) is 4.74. The predicted molar refractivity (Wildman–Crippen MR) is 61.5 cm³/mol. The van der Waals surface area contributed by atoms with E-state index in [1.807, 2.05) is 27.7 Å². The minimum absolute atomic E-state index is 0.110. The number of ketones is 1. The smallest absolute Gasteiger partial charge is 0.296 e. The number of alkyl halides is 2. The lowest BCUT2D eigenvalue weighted by Gasteiger charge is -2.04. The van der Waals surface area contributed by atoms with Crippen LogP contribution in [0.15, 0.2) is 0 Å². The molecule has 0 saturated carbocycles. The van der Waals surface area contributed by atoms with Crippen LogP contribution in [0.2, 0.25) is 0 Å². The van der Waals surface area contributed by atoms with Gasteiger partial charge >= 0.3 is 0 Å². The average molecular weight is 244 g/mol. The molecule has 1 N–H and O–H groups in total. The largest absolute Gasteiger partial charge is 0.345 e. The van der Waals surface area contributed by atoms with Crippen LogP contribution >= 0.6 is 0 Å². The first-order valence-corrected chi connectivity index (χ1v) is 5.72. The van der Waals surface area contributed by atoms with Gasteiger partial charge in [-0.1, -0.05) is 27.7 Å². The molecule has 1 aromatic heterocycles. The summed E-state index contributed by atoms with van der Waals surface area (Å²) in [5.41, 5.74) is 1.23. The molecular weight excluding hydrogens is 226 g/mol. The second kappa shape index (κ2) is 5.38. The van der Waals surface area contributed by atoms with Crippen molar-refractivity contribution >= 4 is 5.78 Å². The van der Waals surface area contributed by atoms with Crippen molar-refractivity contribution in [2.45, 2.75) is 52.4 Å². The Balaban J connectivity index is 3.00. The van der Waals surface area contributed by atoms with E-state index in [-0.39, 0.29) is 18.3 Å². The number of halogens is 2. The summed E-state index contributed by atoms with van der Waals surface area (Å²) in [6.45, 7) is 7.77. The molecule has 0 unspecified atom stereocenters. The summed E-state index contributed by atoms with van der Waals surface area (Å²) in [4.78, 5) is 18.4. The molecule has 0 radical (unpaired) electrons. The van der Waals surface area contributed by atoms with E-state index in [1.54, 1.807) is 0 Å². The summed E-state index contributed by atoms with van der Waals surface area (Å²) in [5, 5.41) is 0. The van der Waals surface area contributed by atoms with Crippen molar-refractivity contribution in [1.82, 2.24) is 9.97 Å². The number of H-pyrrole nitrogens is 1. The monoisotopic (exact) mass is 244 g/mol. The van der Waals surface area contributed by atoms with Crippen LogP contribution in [-0.2, 0) is 11.2 Å². The number of nitrogens with zero attached hydrogens (tertiary/aromatic N) is 1. The number of nitrogens with one attached hydrogen (secondary N) is 1. The number of Topliss-reactive ketones (excluding diaryl/α,β-unsaturated/α-hetero) is 1. The van der Waals surface area contributed by atoms with Crippen LogP contribution in [0.5, 0.6) is 0 Å². The Morgan fingerprint density at radius 3 is 2.24 bits per heavy atom. The van der Waals surface area contributed by atoms with E-state index in [0.717, 1.165) is 5.82 Å². The van der Waals surface area contributed by atoms with Gasteiger partial charge in [-0.3, -0.25) is 4.79 Å². The van der Waals surface area contributed by atoms with Crippen LogP contribution in [0, 0.1) is 0 Å². The second-order valence-electron chi connectivity index (χ2n) is 4.74. The molecule has 5 heteroatoms. The molecule has 1 heterocycles. The van der Waals surface area contributed by atoms with Crippen molar-refractivity contribution in [3.05, 3.63) is 17.2 Å². The third-order valence-electron chi connectivity index (χ3n) is 2.52. The fraction of sp³-hybridized carbons (Fsp3) is 0.667. The Hall–Kier alpha value is -1.26. The molecule has 0 aliphatic carbocycles. The Morgan fingerprint density at radius 2 is 1.82 bits per heavy atom. The van der Waals surface area contributed by atoms with E-state index in [0.29, 0.717) is 11.4 Å². The van der Waals surface area contributed by atoms with Gasteiger partial charge in [-0.05, 0) is 5.92 Å². The van der Waals surface area contributed by atoms with Crippen LogP contribution in [-0.4, -0.2) is 22.2 Å². The average Bonchev–Trinajstić information content (AvgIpc) is 2.61. The number of imidazole rings is 1. The van der Waals surface area contributed by atoms with Crippen LogP contribution in [0.4, 0.5) is 8.78 Å². The number of carbonyl (C=O) groups is 1. The van der Waals surface area contributed by atoms with E-state index >= 15 is 0 Å². The molecule has 1 rings (SSSR count). The summed E-state index contributed by atoms with van der Waals surface area (Å²) in [6, 6.07) is 0. The summed E-state index contributed by atoms with van der Waals surface area (Å²) in [6.07, 6.45) is -3.19. The third kappa shape index (κ3) is 3.35. The van der Waals surface area contributed by atoms with Gasteiger partial charge in [0.1, 0.15) is 5.82 Å². The molecule has 0 atom stereocenters. The quantitative estimate of drug-likeness (QED) is 0.865. The Morgan fingerprint density at radius 1 is 1.24 bits per heavy atom. The van der Waals surface area contributed by atoms with E-state index in [2.05, 4.69) is 9.97 Å². The van der Waals surface area contributed by atoms with Crippen LogP contribution in [0.25, 0.3) is 0 Å². The highest BCUT2D eigenvalue weighted by atomic mass is 19.3. The lowest BCUT2D eigenvalue weighted by Crippen LogP contribution is -2.14. The highest BCUT2D eigenvalue weighted by Gasteiger charge is 2.21. The first-order valence-electron chi connectivity index (χ1n) is 5.72. The standard InChI is InChI=1S/C12H18F2N2O/c1-6(2)10-8(5-9(17)11(13)14)15-12(16-10)7(3)4/h6-7,11H,5H2,1-4H3,(H,15,16). The SMILES string of the molecule is CC(C)c1nc(C(C)C)c(CC(=O)C(F)F)[nH]1. The first kappa shape index (κ1) is 13.8. The maximum atomic E-state index is 12.2. The number of hydrogen-bond acceptors (Lipinski definition) is 2. The van der Waals surface area contributed by atoms with Gasteiger partial charge in [-0.25, -0.2) is 13.8 Å². The minimum atomic E-state index is -2.92. The third-order valence-corrected chi connectivity index (χ3v) is 2.52. The number of aromatic nitrogens is 2. The Bertz CT molecular complexity index is 397. The van der Waals surface area contributed by atoms with Gasteiger partial charge in [0, 0.05) is 11.6 Å². The molecule has 0 aliphatic rings. The van der Waals surface area contributed by atoms with Gasteiger partial charge in [0.15, 0.2) is 0 Å².